The normalized spacial score (nSPS) is 10.9. The van der Waals surface area contributed by atoms with Gasteiger partial charge in [0.2, 0.25) is 0 Å². The van der Waals surface area contributed by atoms with Crippen molar-refractivity contribution in [1.29, 1.82) is 0 Å². The Hall–Kier alpha value is -1.06. The van der Waals surface area contributed by atoms with Gasteiger partial charge in [-0.1, -0.05) is 26.0 Å². The van der Waals surface area contributed by atoms with Gasteiger partial charge in [0.05, 0.1) is 6.61 Å². The molecule has 0 aromatic heterocycles. The molecule has 102 valence electrons. The Bertz CT molecular complexity index is 309. The molecule has 2 N–H and O–H groups in total. The molecule has 3 nitrogen and oxygen atoms in total. The summed E-state index contributed by atoms with van der Waals surface area (Å²) in [5, 5.41) is 0. The summed E-state index contributed by atoms with van der Waals surface area (Å²) in [4.78, 5) is 0. The predicted molar refractivity (Wildman–Crippen MR) is 74.7 cm³/mol. The molecule has 0 amide bonds. The van der Waals surface area contributed by atoms with Crippen LogP contribution in [-0.4, -0.2) is 19.8 Å². The molecule has 0 saturated heterocycles. The highest BCUT2D eigenvalue weighted by atomic mass is 16.5. The number of rotatable bonds is 9. The minimum Gasteiger partial charge on any atom is -0.491 e. The summed E-state index contributed by atoms with van der Waals surface area (Å²) in [5.74, 6) is 1.63. The quantitative estimate of drug-likeness (QED) is 0.686. The van der Waals surface area contributed by atoms with Crippen molar-refractivity contribution in [3.63, 3.8) is 0 Å². The van der Waals surface area contributed by atoms with Crippen LogP contribution in [-0.2, 0) is 11.3 Å². The predicted octanol–water partition coefficient (Wildman–Crippen LogP) is 2.98. The number of ether oxygens (including phenoxy) is 2. The van der Waals surface area contributed by atoms with Gasteiger partial charge in [-0.05, 0) is 36.5 Å². The standard InChI is InChI=1S/C15H25NO2/c1-13(2)4-3-9-17-10-11-18-15-7-5-14(12-16)6-8-15/h5-8,13H,3-4,9-12,16H2,1-2H3. The van der Waals surface area contributed by atoms with E-state index in [9.17, 15) is 0 Å². The Kier molecular flexibility index (Phi) is 7.46. The summed E-state index contributed by atoms with van der Waals surface area (Å²) in [5.41, 5.74) is 6.65. The van der Waals surface area contributed by atoms with Crippen molar-refractivity contribution >= 4 is 0 Å². The topological polar surface area (TPSA) is 44.5 Å². The molecule has 0 saturated carbocycles. The highest BCUT2D eigenvalue weighted by molar-refractivity contribution is 5.26. The van der Waals surface area contributed by atoms with Crippen LogP contribution < -0.4 is 10.5 Å². The third-order valence-electron chi connectivity index (χ3n) is 2.73. The van der Waals surface area contributed by atoms with Crippen LogP contribution >= 0.6 is 0 Å². The summed E-state index contributed by atoms with van der Waals surface area (Å²) in [6, 6.07) is 7.86. The molecule has 3 heteroatoms. The zero-order valence-corrected chi connectivity index (χ0v) is 11.5. The monoisotopic (exact) mass is 251 g/mol. The molecule has 0 heterocycles. The molecule has 0 bridgehead atoms. The Morgan fingerprint density at radius 2 is 1.78 bits per heavy atom. The van der Waals surface area contributed by atoms with E-state index in [0.29, 0.717) is 19.8 Å². The highest BCUT2D eigenvalue weighted by Crippen LogP contribution is 2.11. The van der Waals surface area contributed by atoms with Crippen LogP contribution in [0.1, 0.15) is 32.3 Å². The number of nitrogens with two attached hydrogens (primary N) is 1. The van der Waals surface area contributed by atoms with Crippen LogP contribution in [0.15, 0.2) is 24.3 Å². The van der Waals surface area contributed by atoms with Crippen LogP contribution in [0.2, 0.25) is 0 Å². The molecule has 0 spiro atoms. The van der Waals surface area contributed by atoms with E-state index in [0.717, 1.165) is 30.3 Å². The first-order valence-electron chi connectivity index (χ1n) is 6.72. The van der Waals surface area contributed by atoms with Crippen molar-refractivity contribution in [2.45, 2.75) is 33.2 Å². The lowest BCUT2D eigenvalue weighted by Gasteiger charge is -2.08. The zero-order valence-electron chi connectivity index (χ0n) is 11.5. The molecule has 1 rings (SSSR count). The highest BCUT2D eigenvalue weighted by Gasteiger charge is 1.96. The third kappa shape index (κ3) is 6.62. The second-order valence-electron chi connectivity index (χ2n) is 4.84. The molecule has 0 aliphatic heterocycles. The molecule has 0 aliphatic carbocycles. The first-order valence-corrected chi connectivity index (χ1v) is 6.72. The van der Waals surface area contributed by atoms with Gasteiger partial charge < -0.3 is 15.2 Å². The van der Waals surface area contributed by atoms with Crippen molar-refractivity contribution in [3.05, 3.63) is 29.8 Å². The zero-order chi connectivity index (χ0) is 13.2. The van der Waals surface area contributed by atoms with Gasteiger partial charge in [0.25, 0.3) is 0 Å². The molecular weight excluding hydrogens is 226 g/mol. The summed E-state index contributed by atoms with van der Waals surface area (Å²) in [7, 11) is 0. The summed E-state index contributed by atoms with van der Waals surface area (Å²) in [6.07, 6.45) is 2.35. The van der Waals surface area contributed by atoms with Gasteiger partial charge >= 0.3 is 0 Å². The number of hydrogen-bond donors (Lipinski definition) is 1. The molecule has 0 unspecified atom stereocenters. The van der Waals surface area contributed by atoms with E-state index < -0.39 is 0 Å². The van der Waals surface area contributed by atoms with Gasteiger partial charge in [0.1, 0.15) is 12.4 Å². The van der Waals surface area contributed by atoms with Crippen LogP contribution in [0.5, 0.6) is 5.75 Å². The average Bonchev–Trinajstić information content (AvgIpc) is 2.38. The lowest BCUT2D eigenvalue weighted by Crippen LogP contribution is -2.08. The smallest absolute Gasteiger partial charge is 0.119 e. The average molecular weight is 251 g/mol. The molecular formula is C15H25NO2. The fourth-order valence-corrected chi connectivity index (χ4v) is 1.64. The van der Waals surface area contributed by atoms with E-state index in [4.69, 9.17) is 15.2 Å². The van der Waals surface area contributed by atoms with E-state index in [1.165, 1.54) is 6.42 Å². The van der Waals surface area contributed by atoms with E-state index in [-0.39, 0.29) is 0 Å². The largest absolute Gasteiger partial charge is 0.491 e. The van der Waals surface area contributed by atoms with Gasteiger partial charge in [-0.2, -0.15) is 0 Å². The van der Waals surface area contributed by atoms with E-state index in [1.807, 2.05) is 24.3 Å². The molecule has 1 aromatic carbocycles. The van der Waals surface area contributed by atoms with E-state index in [1.54, 1.807) is 0 Å². The van der Waals surface area contributed by atoms with Crippen molar-refractivity contribution < 1.29 is 9.47 Å². The van der Waals surface area contributed by atoms with Gasteiger partial charge in [-0.3, -0.25) is 0 Å². The summed E-state index contributed by atoms with van der Waals surface area (Å²) >= 11 is 0. The van der Waals surface area contributed by atoms with Crippen molar-refractivity contribution in [2.75, 3.05) is 19.8 Å². The van der Waals surface area contributed by atoms with Crippen LogP contribution in [0.3, 0.4) is 0 Å². The van der Waals surface area contributed by atoms with Crippen molar-refractivity contribution in [2.24, 2.45) is 11.7 Å². The molecule has 0 atom stereocenters. The molecule has 0 fully saturated rings. The Morgan fingerprint density at radius 3 is 2.39 bits per heavy atom. The van der Waals surface area contributed by atoms with E-state index in [2.05, 4.69) is 13.8 Å². The maximum atomic E-state index is 5.57. The summed E-state index contributed by atoms with van der Waals surface area (Å²) in [6.45, 7) is 7.11. The fraction of sp³-hybridized carbons (Fsp3) is 0.600. The van der Waals surface area contributed by atoms with Crippen LogP contribution in [0, 0.1) is 5.92 Å². The van der Waals surface area contributed by atoms with Crippen molar-refractivity contribution in [1.82, 2.24) is 0 Å². The third-order valence-corrected chi connectivity index (χ3v) is 2.73. The van der Waals surface area contributed by atoms with Crippen LogP contribution in [0.25, 0.3) is 0 Å². The summed E-state index contributed by atoms with van der Waals surface area (Å²) < 4.78 is 11.1. The SMILES string of the molecule is CC(C)CCCOCCOc1ccc(CN)cc1. The van der Waals surface area contributed by atoms with Crippen molar-refractivity contribution in [3.8, 4) is 5.75 Å². The van der Waals surface area contributed by atoms with Crippen LogP contribution in [0.4, 0.5) is 0 Å². The number of hydrogen-bond acceptors (Lipinski definition) is 3. The molecule has 18 heavy (non-hydrogen) atoms. The lowest BCUT2D eigenvalue weighted by molar-refractivity contribution is 0.0957. The number of benzene rings is 1. The Labute approximate surface area is 110 Å². The second-order valence-corrected chi connectivity index (χ2v) is 4.84. The first kappa shape index (κ1) is 15.0. The van der Waals surface area contributed by atoms with Gasteiger partial charge in [-0.25, -0.2) is 0 Å². The maximum Gasteiger partial charge on any atom is 0.119 e. The molecule has 0 aliphatic rings. The second kappa shape index (κ2) is 8.95. The molecule has 0 radical (unpaired) electrons. The minimum absolute atomic E-state index is 0.569. The van der Waals surface area contributed by atoms with Gasteiger partial charge in [-0.15, -0.1) is 0 Å². The van der Waals surface area contributed by atoms with Gasteiger partial charge in [0.15, 0.2) is 0 Å². The molecule has 1 aromatic rings. The fourth-order valence-electron chi connectivity index (χ4n) is 1.64. The first-order chi connectivity index (χ1) is 8.72. The minimum atomic E-state index is 0.569. The Balaban J connectivity index is 2.03. The van der Waals surface area contributed by atoms with E-state index >= 15 is 0 Å². The Morgan fingerprint density at radius 1 is 1.06 bits per heavy atom. The maximum absolute atomic E-state index is 5.57. The lowest BCUT2D eigenvalue weighted by atomic mass is 10.1. The van der Waals surface area contributed by atoms with Gasteiger partial charge in [0, 0.05) is 13.2 Å².